The van der Waals surface area contributed by atoms with E-state index in [4.69, 9.17) is 83.3 Å². The van der Waals surface area contributed by atoms with E-state index in [1.807, 2.05) is 107 Å². The molecule has 0 bridgehead atoms. The number of carbonyl (C=O) groups is 2. The number of anilines is 2. The summed E-state index contributed by atoms with van der Waals surface area (Å²) in [5, 5.41) is 7.14. The first kappa shape index (κ1) is 67.2. The molecule has 4 aromatic rings. The highest BCUT2D eigenvalue weighted by atomic mass is 35.5. The molecule has 78 heavy (non-hydrogen) atoms. The Bertz CT molecular complexity index is 2620. The van der Waals surface area contributed by atoms with Gasteiger partial charge in [0.1, 0.15) is 11.2 Å². The van der Waals surface area contributed by atoms with E-state index in [0.29, 0.717) is 50.7 Å². The van der Waals surface area contributed by atoms with Crippen LogP contribution in [-0.4, -0.2) is 147 Å². The first-order valence-corrected chi connectivity index (χ1v) is 29.9. The fourth-order valence-electron chi connectivity index (χ4n) is 9.60. The van der Waals surface area contributed by atoms with Crippen LogP contribution in [-0.2, 0) is 23.8 Å². The minimum atomic E-state index is -3.46. The number of hydrogen-bond donors (Lipinski definition) is 1. The summed E-state index contributed by atoms with van der Waals surface area (Å²) in [6, 6.07) is 27.2. The lowest BCUT2D eigenvalue weighted by molar-refractivity contribution is 0.0129. The molecule has 1 N–H and O–H groups in total. The molecular weight excluding hydrogens is 1140 g/mol. The second kappa shape index (κ2) is 31.2. The third-order valence-electron chi connectivity index (χ3n) is 13.1. The molecule has 4 atom stereocenters. The highest BCUT2D eigenvalue weighted by Crippen LogP contribution is 2.42. The maximum absolute atomic E-state index is 12.4. The van der Waals surface area contributed by atoms with Gasteiger partial charge in [-0.1, -0.05) is 89.2 Å². The Balaban J connectivity index is 0.000000270. The van der Waals surface area contributed by atoms with Crippen molar-refractivity contribution in [2.45, 2.75) is 97.9 Å². The van der Waals surface area contributed by atoms with E-state index in [1.54, 1.807) is 11.0 Å². The Labute approximate surface area is 497 Å². The molecule has 4 heterocycles. The van der Waals surface area contributed by atoms with Gasteiger partial charge in [-0.2, -0.15) is 8.42 Å². The summed E-state index contributed by atoms with van der Waals surface area (Å²) in [4.78, 5) is 34.6. The summed E-state index contributed by atoms with van der Waals surface area (Å²) in [5.74, 6) is 0.610. The van der Waals surface area contributed by atoms with Crippen LogP contribution >= 0.6 is 69.6 Å². The largest absolute Gasteiger partial charge is 0.444 e. The molecule has 2 amide bonds. The van der Waals surface area contributed by atoms with Gasteiger partial charge in [-0.05, 0) is 157 Å². The number of nitrogens with one attached hydrogen (secondary N) is 1. The molecule has 4 radical (unpaired) electrons. The average molecular weight is 1210 g/mol. The lowest BCUT2D eigenvalue weighted by Gasteiger charge is -2.44. The SMILES string of the molecule is C.CC(C)(C)OC(=O)N1CCN(C[C@@H]2CC[C@@H](c3ccc(Cl)cc3Cl)N(c3ccc(Cl)cc3)C2)CC1.CC(C)(C)OC(=O)N1CCNCC1.CS(=O)(=O)OC[C@@H]1CC[C@@H](c2ccc(Cl)cc2Cl)N(c2ccc(Cl)cc2)C1.[B][B]. The third-order valence-corrected chi connectivity index (χ3v) is 15.3. The van der Waals surface area contributed by atoms with E-state index >= 15 is 0 Å². The monoisotopic (exact) mass is 1210 g/mol. The van der Waals surface area contributed by atoms with E-state index in [-0.39, 0.29) is 49.8 Å². The topological polar surface area (TPSA) is 124 Å². The van der Waals surface area contributed by atoms with E-state index in [2.05, 4.69) is 53.7 Å². The summed E-state index contributed by atoms with van der Waals surface area (Å²) in [5.41, 5.74) is 3.39. The van der Waals surface area contributed by atoms with Crippen LogP contribution in [0.2, 0.25) is 30.1 Å². The molecule has 0 aromatic heterocycles. The van der Waals surface area contributed by atoms with E-state index in [1.165, 1.54) is 0 Å². The lowest BCUT2D eigenvalue weighted by atomic mass is 9.81. The van der Waals surface area contributed by atoms with Gasteiger partial charge >= 0.3 is 12.2 Å². The number of piperazine rings is 2. The van der Waals surface area contributed by atoms with Crippen molar-refractivity contribution in [2.24, 2.45) is 11.8 Å². The van der Waals surface area contributed by atoms with Gasteiger partial charge in [-0.15, -0.1) is 0 Å². The standard InChI is InChI=1S/C27H34Cl3N3O2.C19H20Cl3NO3S.C9H18N2O2.CH4.B2/c1-27(2,3)35-26(34)32-14-12-31(13-15-32)17-19-4-11-25(23-10-7-21(29)16-24(23)30)33(18-19)22-8-5-20(28)6-9-22;1-27(24,25)26-12-13-2-9-19(17-8-5-15(21)10-18(17)22)23(11-13)16-6-3-14(20)4-7-16;1-9(2,3)13-8(12)11-6-4-10-5-7-11;;1-2/h5-10,16,19,25H,4,11-15,17-18H2,1-3H3;3-8,10,13,19H,2,9,11-12H2,1H3;10H,4-7H2,1-3H3;1H4;/t19-,25-;13-,19+;;;/m01.../s1. The van der Waals surface area contributed by atoms with Gasteiger partial charge in [0.25, 0.3) is 10.1 Å². The van der Waals surface area contributed by atoms with Crippen LogP contribution in [0.4, 0.5) is 21.0 Å². The Morgan fingerprint density at radius 1 is 0.577 bits per heavy atom. The van der Waals surface area contributed by atoms with Crippen molar-refractivity contribution in [2.75, 3.05) is 94.7 Å². The maximum Gasteiger partial charge on any atom is 0.410 e. The van der Waals surface area contributed by atoms with Crippen molar-refractivity contribution in [1.82, 2.24) is 20.0 Å². The second-order valence-electron chi connectivity index (χ2n) is 21.5. The van der Waals surface area contributed by atoms with Crippen molar-refractivity contribution in [3.63, 3.8) is 0 Å². The van der Waals surface area contributed by atoms with Crippen molar-refractivity contribution >= 4 is 119 Å². The number of carbonyl (C=O) groups excluding carboxylic acids is 2. The molecule has 0 saturated carbocycles. The quantitative estimate of drug-likeness (QED) is 0.127. The summed E-state index contributed by atoms with van der Waals surface area (Å²) in [7, 11) is 4.54. The molecule has 0 spiro atoms. The van der Waals surface area contributed by atoms with Crippen LogP contribution in [0, 0.1) is 11.8 Å². The summed E-state index contributed by atoms with van der Waals surface area (Å²) in [6.07, 6.45) is 4.43. The number of halogens is 6. The highest BCUT2D eigenvalue weighted by Gasteiger charge is 2.35. The summed E-state index contributed by atoms with van der Waals surface area (Å²) in [6.45, 7) is 20.5. The molecule has 0 unspecified atom stereocenters. The second-order valence-corrected chi connectivity index (χ2v) is 25.7. The van der Waals surface area contributed by atoms with Crippen LogP contribution in [0.25, 0.3) is 0 Å². The first-order chi connectivity index (χ1) is 36.3. The van der Waals surface area contributed by atoms with Gasteiger partial charge in [0.15, 0.2) is 0 Å². The molecule has 4 fully saturated rings. The van der Waals surface area contributed by atoms with Crippen LogP contribution < -0.4 is 15.1 Å². The van der Waals surface area contributed by atoms with Gasteiger partial charge in [-0.25, -0.2) is 9.59 Å². The number of hydrogen-bond acceptors (Lipinski definition) is 11. The van der Waals surface area contributed by atoms with E-state index in [0.717, 1.165) is 112 Å². The number of amides is 2. The number of nitrogens with zero attached hydrogens (tertiary/aromatic N) is 5. The lowest BCUT2D eigenvalue weighted by Crippen LogP contribution is -2.52. The molecule has 8 rings (SSSR count). The Kier molecular flexibility index (Phi) is 26.9. The minimum absolute atomic E-state index is 0. The fourth-order valence-corrected chi connectivity index (χ4v) is 11.4. The Hall–Kier alpha value is -3.28. The number of ether oxygens (including phenoxy) is 2. The van der Waals surface area contributed by atoms with Gasteiger partial charge in [0.2, 0.25) is 0 Å². The molecule has 4 aromatic carbocycles. The molecule has 4 saturated heterocycles. The molecule has 22 heteroatoms. The van der Waals surface area contributed by atoms with Gasteiger partial charge in [0, 0.05) is 135 Å². The summed E-state index contributed by atoms with van der Waals surface area (Å²) >= 11 is 37.5. The van der Waals surface area contributed by atoms with Crippen molar-refractivity contribution in [1.29, 1.82) is 0 Å². The Morgan fingerprint density at radius 2 is 0.962 bits per heavy atom. The molecule has 4 aliphatic heterocycles. The fraction of sp³-hybridized carbons (Fsp3) is 0.536. The minimum Gasteiger partial charge on any atom is -0.444 e. The zero-order valence-electron chi connectivity index (χ0n) is 45.1. The third kappa shape index (κ3) is 21.9. The van der Waals surface area contributed by atoms with Crippen LogP contribution in [0.1, 0.15) is 97.9 Å². The normalized spacial score (nSPS) is 20.1. The van der Waals surface area contributed by atoms with Crippen molar-refractivity contribution < 1.29 is 31.7 Å². The highest BCUT2D eigenvalue weighted by molar-refractivity contribution is 7.86. The predicted octanol–water partition coefficient (Wildman–Crippen LogP) is 13.4. The predicted molar refractivity (Wildman–Crippen MR) is 325 cm³/mol. The number of benzene rings is 4. The van der Waals surface area contributed by atoms with Gasteiger partial charge < -0.3 is 34.4 Å². The number of piperidine rings is 2. The van der Waals surface area contributed by atoms with Crippen LogP contribution in [0.15, 0.2) is 84.9 Å². The van der Waals surface area contributed by atoms with Crippen molar-refractivity contribution in [3.8, 4) is 0 Å². The van der Waals surface area contributed by atoms with Crippen LogP contribution in [0.3, 0.4) is 0 Å². The van der Waals surface area contributed by atoms with Crippen LogP contribution in [0.5, 0.6) is 0 Å². The van der Waals surface area contributed by atoms with Gasteiger partial charge in [0.05, 0.1) is 24.9 Å². The zero-order chi connectivity index (χ0) is 56.7. The van der Waals surface area contributed by atoms with Gasteiger partial charge in [-0.3, -0.25) is 9.08 Å². The number of rotatable bonds is 9. The molecule has 426 valence electrons. The van der Waals surface area contributed by atoms with E-state index < -0.39 is 15.7 Å². The molecule has 4 aliphatic rings. The first-order valence-electron chi connectivity index (χ1n) is 25.8. The average Bonchev–Trinajstić information content (AvgIpc) is 3.37. The maximum atomic E-state index is 12.4. The molecule has 0 aliphatic carbocycles. The zero-order valence-corrected chi connectivity index (χ0v) is 50.5. The molecular formula is C56H76B2Cl6N6O7S. The smallest absolute Gasteiger partial charge is 0.410 e. The summed E-state index contributed by atoms with van der Waals surface area (Å²) < 4.78 is 38.5. The van der Waals surface area contributed by atoms with E-state index in [9.17, 15) is 18.0 Å². The Morgan fingerprint density at radius 3 is 1.36 bits per heavy atom. The van der Waals surface area contributed by atoms with Crippen molar-refractivity contribution in [3.05, 3.63) is 126 Å². The molecule has 13 nitrogen and oxygen atoms in total.